The molecule has 316 valence electrons. The Kier molecular flexibility index (Phi) is 9.91. The maximum Gasteiger partial charge on any atom is 0.0466 e. The second-order valence-electron chi connectivity index (χ2n) is 19.7. The van der Waals surface area contributed by atoms with Crippen molar-refractivity contribution in [2.24, 2.45) is 0 Å². The predicted octanol–water partition coefficient (Wildman–Crippen LogP) is 17.3. The first-order chi connectivity index (χ1) is 30.6. The molecule has 0 unspecified atom stereocenters. The van der Waals surface area contributed by atoms with E-state index in [9.17, 15) is 0 Å². The Hall–Kier alpha value is -6.90. The highest BCUT2D eigenvalue weighted by atomic mass is 15.1. The van der Waals surface area contributed by atoms with Gasteiger partial charge in [-0.15, -0.1) is 0 Å². The largest absolute Gasteiger partial charge is 0.310 e. The third kappa shape index (κ3) is 7.16. The molecular formula is C62H58N2. The van der Waals surface area contributed by atoms with Gasteiger partial charge in [0.25, 0.3) is 0 Å². The fraction of sp³-hybridized carbons (Fsp3) is 0.194. The van der Waals surface area contributed by atoms with Crippen LogP contribution in [0.15, 0.2) is 158 Å². The topological polar surface area (TPSA) is 6.48 Å². The van der Waals surface area contributed by atoms with Crippen LogP contribution in [0.4, 0.5) is 34.1 Å². The van der Waals surface area contributed by atoms with Gasteiger partial charge < -0.3 is 9.80 Å². The molecule has 2 nitrogen and oxygen atoms in total. The van der Waals surface area contributed by atoms with E-state index in [-0.39, 0.29) is 10.8 Å². The Morgan fingerprint density at radius 1 is 0.297 bits per heavy atom. The second kappa shape index (κ2) is 15.4. The van der Waals surface area contributed by atoms with E-state index >= 15 is 0 Å². The molecule has 0 saturated carbocycles. The number of nitrogens with zero attached hydrogens (tertiary/aromatic N) is 2. The third-order valence-corrected chi connectivity index (χ3v) is 13.8. The summed E-state index contributed by atoms with van der Waals surface area (Å²) in [6, 6.07) is 59.6. The van der Waals surface area contributed by atoms with Crippen molar-refractivity contribution >= 4 is 46.3 Å². The summed E-state index contributed by atoms with van der Waals surface area (Å²) in [6.45, 7) is 22.6. The Bertz CT molecular complexity index is 2940. The molecule has 0 N–H and O–H groups in total. The Morgan fingerprint density at radius 3 is 0.969 bits per heavy atom. The minimum atomic E-state index is -0.166. The first-order valence-corrected chi connectivity index (χ1v) is 22.8. The number of hydrogen-bond acceptors (Lipinski definition) is 2. The van der Waals surface area contributed by atoms with Crippen LogP contribution in [0, 0.1) is 41.5 Å². The van der Waals surface area contributed by atoms with Crippen molar-refractivity contribution in [2.45, 2.75) is 80.1 Å². The van der Waals surface area contributed by atoms with E-state index < -0.39 is 0 Å². The zero-order chi connectivity index (χ0) is 44.7. The lowest BCUT2D eigenvalue weighted by Crippen LogP contribution is -2.17. The Labute approximate surface area is 381 Å². The monoisotopic (exact) mass is 830 g/mol. The summed E-state index contributed by atoms with van der Waals surface area (Å²) in [5, 5.41) is 0. The summed E-state index contributed by atoms with van der Waals surface area (Å²) in [6.07, 6.45) is 4.59. The zero-order valence-electron chi connectivity index (χ0n) is 39.1. The molecule has 64 heavy (non-hydrogen) atoms. The van der Waals surface area contributed by atoms with Crippen molar-refractivity contribution in [2.75, 3.05) is 9.80 Å². The molecule has 0 saturated heterocycles. The van der Waals surface area contributed by atoms with Crippen LogP contribution in [0.25, 0.3) is 34.4 Å². The van der Waals surface area contributed by atoms with Crippen LogP contribution < -0.4 is 9.80 Å². The van der Waals surface area contributed by atoms with E-state index in [1.165, 1.54) is 123 Å². The molecule has 2 heteroatoms. The van der Waals surface area contributed by atoms with Crippen LogP contribution in [-0.4, -0.2) is 0 Å². The first-order valence-electron chi connectivity index (χ1n) is 22.8. The molecule has 0 aromatic heterocycles. The normalized spacial score (nSPS) is 14.0. The SMILES string of the molecule is Cc1cccc(N(c2cc(C)cc(C)c2)c2ccc3c(c2)C(C)(C)c2cc(C=Cc4ccc5c(c4)C(C)(C)c4cc(N(c6cccc(C)c6)c6cc(C)cc(C)c6)ccc4-5)ccc2-3)c1. The summed E-state index contributed by atoms with van der Waals surface area (Å²) in [5.41, 5.74) is 27.5. The summed E-state index contributed by atoms with van der Waals surface area (Å²) in [7, 11) is 0. The lowest BCUT2D eigenvalue weighted by molar-refractivity contribution is 0.660. The molecule has 8 aromatic rings. The molecule has 8 aromatic carbocycles. The Morgan fingerprint density at radius 2 is 0.609 bits per heavy atom. The summed E-state index contributed by atoms with van der Waals surface area (Å²) < 4.78 is 0. The molecule has 0 fully saturated rings. The van der Waals surface area contributed by atoms with Crippen molar-refractivity contribution in [3.05, 3.63) is 224 Å². The quantitative estimate of drug-likeness (QED) is 0.141. The molecule has 2 aliphatic carbocycles. The van der Waals surface area contributed by atoms with Gasteiger partial charge in [0.15, 0.2) is 0 Å². The highest BCUT2D eigenvalue weighted by Crippen LogP contribution is 2.53. The number of anilines is 6. The summed E-state index contributed by atoms with van der Waals surface area (Å²) >= 11 is 0. The van der Waals surface area contributed by atoms with Crippen LogP contribution >= 0.6 is 0 Å². The minimum absolute atomic E-state index is 0.166. The van der Waals surface area contributed by atoms with Crippen molar-refractivity contribution in [1.29, 1.82) is 0 Å². The van der Waals surface area contributed by atoms with E-state index in [4.69, 9.17) is 0 Å². The molecule has 0 radical (unpaired) electrons. The van der Waals surface area contributed by atoms with Crippen LogP contribution in [0.1, 0.15) is 94.5 Å². The number of benzene rings is 8. The molecule has 0 amide bonds. The van der Waals surface area contributed by atoms with Crippen molar-refractivity contribution in [1.82, 2.24) is 0 Å². The number of rotatable bonds is 8. The van der Waals surface area contributed by atoms with Crippen LogP contribution in [0.5, 0.6) is 0 Å². The molecule has 0 bridgehead atoms. The third-order valence-electron chi connectivity index (χ3n) is 13.8. The average molecular weight is 831 g/mol. The van der Waals surface area contributed by atoms with Gasteiger partial charge in [0, 0.05) is 45.0 Å². The van der Waals surface area contributed by atoms with Gasteiger partial charge in [0.1, 0.15) is 0 Å². The fourth-order valence-electron chi connectivity index (χ4n) is 10.8. The number of fused-ring (bicyclic) bond motifs is 6. The van der Waals surface area contributed by atoms with Crippen molar-refractivity contribution in [3.8, 4) is 22.3 Å². The van der Waals surface area contributed by atoms with Gasteiger partial charge in [0.05, 0.1) is 0 Å². The van der Waals surface area contributed by atoms with Gasteiger partial charge in [-0.2, -0.15) is 0 Å². The minimum Gasteiger partial charge on any atom is -0.310 e. The maximum atomic E-state index is 2.43. The highest BCUT2D eigenvalue weighted by molar-refractivity contribution is 5.89. The van der Waals surface area contributed by atoms with E-state index in [1.807, 2.05) is 0 Å². The van der Waals surface area contributed by atoms with Gasteiger partial charge in [-0.25, -0.2) is 0 Å². The predicted molar refractivity (Wildman–Crippen MR) is 275 cm³/mol. The molecule has 0 spiro atoms. The van der Waals surface area contributed by atoms with Gasteiger partial charge >= 0.3 is 0 Å². The smallest absolute Gasteiger partial charge is 0.0466 e. The van der Waals surface area contributed by atoms with Crippen LogP contribution in [0.3, 0.4) is 0 Å². The van der Waals surface area contributed by atoms with E-state index in [0.717, 1.165) is 0 Å². The van der Waals surface area contributed by atoms with E-state index in [1.54, 1.807) is 0 Å². The first kappa shape index (κ1) is 41.1. The van der Waals surface area contributed by atoms with Crippen LogP contribution in [0.2, 0.25) is 0 Å². The fourth-order valence-corrected chi connectivity index (χ4v) is 10.8. The van der Waals surface area contributed by atoms with Gasteiger partial charge in [0.2, 0.25) is 0 Å². The maximum absolute atomic E-state index is 2.43. The molecule has 0 heterocycles. The lowest BCUT2D eigenvalue weighted by atomic mass is 9.81. The van der Waals surface area contributed by atoms with Crippen molar-refractivity contribution in [3.63, 3.8) is 0 Å². The van der Waals surface area contributed by atoms with E-state index in [2.05, 4.69) is 249 Å². The zero-order valence-corrected chi connectivity index (χ0v) is 39.1. The van der Waals surface area contributed by atoms with Gasteiger partial charge in [-0.3, -0.25) is 0 Å². The van der Waals surface area contributed by atoms with Gasteiger partial charge in [-0.05, 0) is 203 Å². The number of hydrogen-bond donors (Lipinski definition) is 0. The Balaban J connectivity index is 0.951. The molecule has 0 atom stereocenters. The highest BCUT2D eigenvalue weighted by Gasteiger charge is 2.38. The average Bonchev–Trinajstić information content (AvgIpc) is 3.60. The molecule has 0 aliphatic heterocycles. The number of aryl methyl sites for hydroxylation is 6. The lowest BCUT2D eigenvalue weighted by Gasteiger charge is -2.29. The molecule has 10 rings (SSSR count). The molecule has 2 aliphatic rings. The summed E-state index contributed by atoms with van der Waals surface area (Å²) in [5.74, 6) is 0. The van der Waals surface area contributed by atoms with E-state index in [0.29, 0.717) is 0 Å². The van der Waals surface area contributed by atoms with Gasteiger partial charge in [-0.1, -0.05) is 125 Å². The second-order valence-corrected chi connectivity index (χ2v) is 19.7. The summed E-state index contributed by atoms with van der Waals surface area (Å²) in [4.78, 5) is 4.84. The standard InChI is InChI=1S/C62H58N2/c1-39-13-11-15-47(29-39)63(51-31-41(3)27-42(4)32-51)49-21-25-55-53-23-19-45(35-57(53)61(7,8)59(55)37-49)17-18-46-20-24-54-56-26-22-50(38-60(56)62(9,10)58(54)36-46)64(48-16-12-14-40(2)30-48)52-33-43(5)28-44(6)34-52/h11-38H,1-10H3. The molecular weight excluding hydrogens is 773 g/mol. The van der Waals surface area contributed by atoms with Crippen molar-refractivity contribution < 1.29 is 0 Å². The van der Waals surface area contributed by atoms with Crippen LogP contribution in [-0.2, 0) is 10.8 Å².